The van der Waals surface area contributed by atoms with E-state index in [-0.39, 0.29) is 24.2 Å². The number of hydrogen-bond donors (Lipinski definition) is 2. The minimum absolute atomic E-state index is 0.00861. The summed E-state index contributed by atoms with van der Waals surface area (Å²) < 4.78 is 82.6. The molecule has 45 heavy (non-hydrogen) atoms. The van der Waals surface area contributed by atoms with E-state index in [4.69, 9.17) is 0 Å². The summed E-state index contributed by atoms with van der Waals surface area (Å²) in [6.07, 6.45) is -4.19. The molecule has 0 bridgehead atoms. The third-order valence-electron chi connectivity index (χ3n) is 8.74. The first-order valence-corrected chi connectivity index (χ1v) is 15.0. The lowest BCUT2D eigenvalue weighted by molar-refractivity contribution is -0.143. The largest absolute Gasteiger partial charge is 0.416 e. The summed E-state index contributed by atoms with van der Waals surface area (Å²) in [6, 6.07) is 9.59. The van der Waals surface area contributed by atoms with Crippen LogP contribution in [0.1, 0.15) is 48.4 Å². The van der Waals surface area contributed by atoms with E-state index in [1.54, 1.807) is 6.20 Å². The molecule has 4 aromatic rings. The van der Waals surface area contributed by atoms with Crippen molar-refractivity contribution >= 4 is 22.7 Å². The molecular weight excluding hydrogens is 598 g/mol. The molecule has 1 saturated heterocycles. The maximum Gasteiger partial charge on any atom is 0.416 e. The summed E-state index contributed by atoms with van der Waals surface area (Å²) in [5.41, 5.74) is 0.225. The minimum Gasteiger partial charge on any atom is -0.393 e. The van der Waals surface area contributed by atoms with Gasteiger partial charge in [-0.15, -0.1) is 0 Å². The molecule has 2 aromatic carbocycles. The predicted octanol–water partition coefficient (Wildman–Crippen LogP) is 7.10. The van der Waals surface area contributed by atoms with Crippen LogP contribution in [0.25, 0.3) is 22.2 Å². The maximum absolute atomic E-state index is 13.4. The van der Waals surface area contributed by atoms with Crippen molar-refractivity contribution in [2.24, 2.45) is 0 Å². The van der Waals surface area contributed by atoms with Gasteiger partial charge in [-0.1, -0.05) is 24.3 Å². The van der Waals surface area contributed by atoms with Gasteiger partial charge in [0.05, 0.1) is 17.2 Å². The van der Waals surface area contributed by atoms with Gasteiger partial charge in [-0.05, 0) is 62.1 Å². The van der Waals surface area contributed by atoms with Crippen molar-refractivity contribution in [2.75, 3.05) is 38.5 Å². The van der Waals surface area contributed by atoms with E-state index in [9.17, 15) is 31.4 Å². The highest BCUT2D eigenvalue weighted by Crippen LogP contribution is 2.39. The second kappa shape index (κ2) is 12.3. The molecule has 2 fully saturated rings. The number of nitrogens with zero attached hydrogens (tertiary/aromatic N) is 5. The van der Waals surface area contributed by atoms with Crippen LogP contribution in [0.15, 0.2) is 54.9 Å². The summed E-state index contributed by atoms with van der Waals surface area (Å²) in [4.78, 5) is 13.6. The Morgan fingerprint density at radius 1 is 0.867 bits per heavy atom. The Morgan fingerprint density at radius 2 is 1.49 bits per heavy atom. The SMILES string of the molecule is CN1CCN(Cc2ccc(-c3cn(C4CCC(O)CC4)c4nc(Nc5cc(C(F)(F)F)cc(C(F)(F)F)c5)ncc34)cc2)CC1. The Balaban J connectivity index is 1.34. The van der Waals surface area contributed by atoms with Crippen molar-refractivity contribution in [3.05, 3.63) is 71.5 Å². The third-order valence-corrected chi connectivity index (χ3v) is 8.74. The molecule has 7 nitrogen and oxygen atoms in total. The summed E-state index contributed by atoms with van der Waals surface area (Å²) in [5.74, 6) is -0.126. The third kappa shape index (κ3) is 7.10. The molecule has 2 N–H and O–H groups in total. The van der Waals surface area contributed by atoms with Crippen LogP contribution in [-0.2, 0) is 18.9 Å². The second-order valence-corrected chi connectivity index (χ2v) is 12.0. The molecule has 2 aliphatic rings. The first-order valence-electron chi connectivity index (χ1n) is 15.0. The number of aromatic nitrogens is 3. The van der Waals surface area contributed by atoms with Gasteiger partial charge in [0.1, 0.15) is 5.65 Å². The Hall–Kier alpha value is -3.68. The highest BCUT2D eigenvalue weighted by atomic mass is 19.4. The molecule has 0 spiro atoms. The van der Waals surface area contributed by atoms with Crippen molar-refractivity contribution in [3.8, 4) is 11.1 Å². The normalized spacial score (nSPS) is 20.5. The van der Waals surface area contributed by atoms with Crippen molar-refractivity contribution in [3.63, 3.8) is 0 Å². The highest BCUT2D eigenvalue weighted by molar-refractivity contribution is 5.94. The Labute approximate surface area is 256 Å². The predicted molar refractivity (Wildman–Crippen MR) is 159 cm³/mol. The Kier molecular flexibility index (Phi) is 8.53. The molecular formula is C32H34F6N6O. The number of piperazine rings is 1. The fourth-order valence-electron chi connectivity index (χ4n) is 6.14. The molecule has 1 saturated carbocycles. The molecule has 0 atom stereocenters. The standard InChI is InChI=1S/C32H34F6N6O/c1-42-10-12-43(13-11-42)18-20-2-4-21(5-3-20)28-19-44(25-6-8-26(45)9-7-25)29-27(28)17-39-30(41-29)40-24-15-22(31(33,34)35)14-23(16-24)32(36,37)38/h2-5,14-17,19,25-26,45H,6-13,18H2,1H3,(H,39,40,41). The van der Waals surface area contributed by atoms with Crippen LogP contribution in [0.4, 0.5) is 38.0 Å². The number of rotatable bonds is 6. The van der Waals surface area contributed by atoms with Crippen molar-refractivity contribution in [2.45, 2.75) is 56.7 Å². The van der Waals surface area contributed by atoms with Crippen molar-refractivity contribution in [1.82, 2.24) is 24.3 Å². The van der Waals surface area contributed by atoms with Crippen LogP contribution in [0.3, 0.4) is 0 Å². The average Bonchev–Trinajstić information content (AvgIpc) is 3.37. The van der Waals surface area contributed by atoms with Gasteiger partial charge in [-0.3, -0.25) is 4.90 Å². The van der Waals surface area contributed by atoms with Crippen LogP contribution < -0.4 is 5.32 Å². The Bertz CT molecular complexity index is 1600. The minimum atomic E-state index is -4.97. The number of alkyl halides is 6. The van der Waals surface area contributed by atoms with Gasteiger partial charge >= 0.3 is 12.4 Å². The van der Waals surface area contributed by atoms with E-state index in [2.05, 4.69) is 44.3 Å². The second-order valence-electron chi connectivity index (χ2n) is 12.0. The zero-order chi connectivity index (χ0) is 31.9. The van der Waals surface area contributed by atoms with Gasteiger partial charge in [-0.2, -0.15) is 31.3 Å². The van der Waals surface area contributed by atoms with E-state index in [1.165, 1.54) is 5.56 Å². The molecule has 13 heteroatoms. The van der Waals surface area contributed by atoms with E-state index >= 15 is 0 Å². The number of hydrogen-bond acceptors (Lipinski definition) is 6. The quantitative estimate of drug-likeness (QED) is 0.221. The fourth-order valence-corrected chi connectivity index (χ4v) is 6.14. The van der Waals surface area contributed by atoms with Gasteiger partial charge in [0, 0.05) is 67.8 Å². The van der Waals surface area contributed by atoms with Gasteiger partial charge in [0.15, 0.2) is 0 Å². The van der Waals surface area contributed by atoms with Gasteiger partial charge in [-0.25, -0.2) is 4.98 Å². The molecule has 2 aromatic heterocycles. The smallest absolute Gasteiger partial charge is 0.393 e. The molecule has 1 aliphatic heterocycles. The lowest BCUT2D eigenvalue weighted by Crippen LogP contribution is -2.43. The average molecular weight is 633 g/mol. The zero-order valence-corrected chi connectivity index (χ0v) is 24.7. The number of benzene rings is 2. The Morgan fingerprint density at radius 3 is 2.09 bits per heavy atom. The van der Waals surface area contributed by atoms with Gasteiger partial charge in [0.25, 0.3) is 0 Å². The van der Waals surface area contributed by atoms with Gasteiger partial charge < -0.3 is 19.9 Å². The number of aliphatic hydroxyl groups excluding tert-OH is 1. The van der Waals surface area contributed by atoms with Crippen LogP contribution in [0.2, 0.25) is 0 Å². The van der Waals surface area contributed by atoms with E-state index < -0.39 is 29.2 Å². The van der Waals surface area contributed by atoms with E-state index in [0.717, 1.165) is 43.9 Å². The lowest BCUT2D eigenvalue weighted by atomic mass is 9.93. The molecule has 1 aliphatic carbocycles. The monoisotopic (exact) mass is 632 g/mol. The van der Waals surface area contributed by atoms with E-state index in [1.807, 2.05) is 22.9 Å². The molecule has 0 amide bonds. The molecule has 6 rings (SSSR count). The number of fused-ring (bicyclic) bond motifs is 1. The fraction of sp³-hybridized carbons (Fsp3) is 0.438. The molecule has 240 valence electrons. The number of halogens is 6. The first-order chi connectivity index (χ1) is 21.3. The van der Waals surface area contributed by atoms with Crippen LogP contribution in [0, 0.1) is 0 Å². The summed E-state index contributed by atoms with van der Waals surface area (Å²) in [7, 11) is 2.12. The highest BCUT2D eigenvalue weighted by Gasteiger charge is 2.37. The van der Waals surface area contributed by atoms with Crippen LogP contribution in [0.5, 0.6) is 0 Å². The lowest BCUT2D eigenvalue weighted by Gasteiger charge is -2.32. The molecule has 3 heterocycles. The molecule has 0 unspecified atom stereocenters. The summed E-state index contributed by atoms with van der Waals surface area (Å²) in [5, 5.41) is 13.4. The maximum atomic E-state index is 13.4. The number of aliphatic hydroxyl groups is 1. The van der Waals surface area contributed by atoms with Crippen LogP contribution >= 0.6 is 0 Å². The summed E-state index contributed by atoms with van der Waals surface area (Å²) >= 11 is 0. The van der Waals surface area contributed by atoms with Crippen molar-refractivity contribution in [1.29, 1.82) is 0 Å². The number of nitrogens with one attached hydrogen (secondary N) is 1. The molecule has 0 radical (unpaired) electrons. The topological polar surface area (TPSA) is 69.5 Å². The first kappa shape index (κ1) is 31.3. The van der Waals surface area contributed by atoms with E-state index in [0.29, 0.717) is 48.8 Å². The number of anilines is 2. The number of likely N-dealkylation sites (N-methyl/N-ethyl adjacent to an activating group) is 1. The van der Waals surface area contributed by atoms with Crippen LogP contribution in [-0.4, -0.2) is 68.8 Å². The van der Waals surface area contributed by atoms with Gasteiger partial charge in [0.2, 0.25) is 5.95 Å². The summed E-state index contributed by atoms with van der Waals surface area (Å²) in [6.45, 7) is 4.93. The van der Waals surface area contributed by atoms with Crippen molar-refractivity contribution < 1.29 is 31.4 Å². The zero-order valence-electron chi connectivity index (χ0n) is 24.7.